The van der Waals surface area contributed by atoms with E-state index in [1.54, 1.807) is 42.3 Å². The van der Waals surface area contributed by atoms with E-state index in [1.807, 2.05) is 30.3 Å². The monoisotopic (exact) mass is 447 g/mol. The van der Waals surface area contributed by atoms with Gasteiger partial charge in [0.1, 0.15) is 29.4 Å². The van der Waals surface area contributed by atoms with Gasteiger partial charge in [-0.1, -0.05) is 42.5 Å². The van der Waals surface area contributed by atoms with Gasteiger partial charge in [0.05, 0.1) is 19.2 Å². The highest BCUT2D eigenvalue weighted by atomic mass is 16.5. The number of carbonyl (C=O) groups excluding carboxylic acids is 2. The van der Waals surface area contributed by atoms with Gasteiger partial charge in [-0.15, -0.1) is 0 Å². The molecule has 33 heavy (non-hydrogen) atoms. The Morgan fingerprint density at radius 3 is 2.45 bits per heavy atom. The zero-order valence-electron chi connectivity index (χ0n) is 18.7. The Balaban J connectivity index is 1.94. The molecule has 0 fully saturated rings. The Morgan fingerprint density at radius 2 is 1.82 bits per heavy atom. The fourth-order valence-corrected chi connectivity index (χ4v) is 3.37. The lowest BCUT2D eigenvalue weighted by Crippen LogP contribution is -2.15. The second kappa shape index (κ2) is 10.4. The smallest absolute Gasteiger partial charge is 0.342 e. The summed E-state index contributed by atoms with van der Waals surface area (Å²) in [4.78, 5) is 24.6. The van der Waals surface area contributed by atoms with Crippen molar-refractivity contribution < 1.29 is 24.2 Å². The fraction of sp³-hybridized carbons (Fsp3) is 0.200. The molecule has 0 bridgehead atoms. The highest BCUT2D eigenvalue weighted by molar-refractivity contribution is 6.20. The van der Waals surface area contributed by atoms with Crippen LogP contribution < -0.4 is 4.74 Å². The molecule has 0 aliphatic rings. The average Bonchev–Trinajstić information content (AvgIpc) is 3.21. The summed E-state index contributed by atoms with van der Waals surface area (Å²) >= 11 is 0. The molecule has 0 aliphatic carbocycles. The van der Waals surface area contributed by atoms with Gasteiger partial charge in [0.25, 0.3) is 0 Å². The van der Waals surface area contributed by atoms with E-state index in [-0.39, 0.29) is 16.8 Å². The number of aliphatic hydroxyl groups excluding tert-OH is 1. The largest absolute Gasteiger partial charge is 0.508 e. The first-order valence-electron chi connectivity index (χ1n) is 10.2. The Bertz CT molecular complexity index is 1200. The fourth-order valence-electron chi connectivity index (χ4n) is 3.37. The summed E-state index contributed by atoms with van der Waals surface area (Å²) in [6, 6.07) is 16.8. The minimum atomic E-state index is -0.718. The normalized spacial score (nSPS) is 11.5. The van der Waals surface area contributed by atoms with Crippen LogP contribution in [0, 0.1) is 5.41 Å². The molecule has 8 nitrogen and oxygen atoms in total. The topological polar surface area (TPSA) is 114 Å². The number of allylic oxidation sites excluding steroid dienone is 1. The molecular weight excluding hydrogens is 422 g/mol. The van der Waals surface area contributed by atoms with Gasteiger partial charge in [0, 0.05) is 17.5 Å². The lowest BCUT2D eigenvalue weighted by molar-refractivity contribution is -0.113. The Kier molecular flexibility index (Phi) is 7.40. The summed E-state index contributed by atoms with van der Waals surface area (Å²) in [5, 5.41) is 22.4. The highest BCUT2D eigenvalue weighted by Crippen LogP contribution is 2.27. The molecule has 0 atom stereocenters. The SMILES string of the molecule is COc1cccc(-c2nn(Cc3ccccc3)cc2C(=O)OC/C(O)=C(\C(C)=N)C(C)=O)c1. The molecule has 0 saturated carbocycles. The number of esters is 1. The molecule has 1 aromatic heterocycles. The third-order valence-electron chi connectivity index (χ3n) is 4.87. The molecular formula is C25H25N3O5. The van der Waals surface area contributed by atoms with Crippen LogP contribution in [0.4, 0.5) is 0 Å². The second-order valence-electron chi connectivity index (χ2n) is 7.39. The van der Waals surface area contributed by atoms with E-state index < -0.39 is 24.1 Å². The van der Waals surface area contributed by atoms with E-state index in [2.05, 4.69) is 5.10 Å². The maximum atomic E-state index is 12.9. The number of methoxy groups -OCH3 is 1. The van der Waals surface area contributed by atoms with Gasteiger partial charge in [-0.05, 0) is 31.5 Å². The summed E-state index contributed by atoms with van der Waals surface area (Å²) in [5.74, 6) is -1.06. The van der Waals surface area contributed by atoms with Crippen LogP contribution >= 0.6 is 0 Å². The van der Waals surface area contributed by atoms with Crippen molar-refractivity contribution in [3.8, 4) is 17.0 Å². The van der Waals surface area contributed by atoms with Gasteiger partial charge in [0.2, 0.25) is 0 Å². The summed E-state index contributed by atoms with van der Waals surface area (Å²) in [6.45, 7) is 2.52. The van der Waals surface area contributed by atoms with Crippen molar-refractivity contribution in [3.05, 3.63) is 83.3 Å². The quantitative estimate of drug-likeness (QED) is 0.220. The number of rotatable bonds is 9. The van der Waals surface area contributed by atoms with Gasteiger partial charge in [0.15, 0.2) is 5.78 Å². The Labute approximate surface area is 191 Å². The van der Waals surface area contributed by atoms with Gasteiger partial charge in [-0.25, -0.2) is 4.79 Å². The van der Waals surface area contributed by atoms with Crippen molar-refractivity contribution in [1.29, 1.82) is 5.41 Å². The van der Waals surface area contributed by atoms with Crippen molar-refractivity contribution >= 4 is 17.5 Å². The van der Waals surface area contributed by atoms with E-state index in [0.717, 1.165) is 5.56 Å². The van der Waals surface area contributed by atoms with Crippen LogP contribution in [-0.2, 0) is 16.1 Å². The predicted molar refractivity (Wildman–Crippen MR) is 124 cm³/mol. The van der Waals surface area contributed by atoms with E-state index >= 15 is 0 Å². The molecule has 2 N–H and O–H groups in total. The molecule has 1 heterocycles. The number of aliphatic hydroxyl groups is 1. The van der Waals surface area contributed by atoms with Crippen LogP contribution in [0.1, 0.15) is 29.8 Å². The van der Waals surface area contributed by atoms with Crippen LogP contribution in [0.15, 0.2) is 72.1 Å². The molecule has 0 spiro atoms. The molecule has 0 amide bonds. The summed E-state index contributed by atoms with van der Waals surface area (Å²) in [6.07, 6.45) is 1.58. The summed E-state index contributed by atoms with van der Waals surface area (Å²) in [5.41, 5.74) is 1.98. The first kappa shape index (κ1) is 23.5. The minimum Gasteiger partial charge on any atom is -0.508 e. The number of hydrogen-bond acceptors (Lipinski definition) is 7. The summed E-state index contributed by atoms with van der Waals surface area (Å²) < 4.78 is 12.2. The number of Topliss-reactive ketones (excluding diaryl/α,β-unsaturated/α-hetero) is 1. The number of ketones is 1. The van der Waals surface area contributed by atoms with Crippen LogP contribution in [0.25, 0.3) is 11.3 Å². The lowest BCUT2D eigenvalue weighted by Gasteiger charge is -2.08. The van der Waals surface area contributed by atoms with Crippen LogP contribution in [0.3, 0.4) is 0 Å². The molecule has 0 radical (unpaired) electrons. The molecule has 8 heteroatoms. The van der Waals surface area contributed by atoms with Crippen LogP contribution in [0.2, 0.25) is 0 Å². The Hall–Kier alpha value is -4.20. The minimum absolute atomic E-state index is 0.108. The number of carbonyl (C=O) groups is 2. The van der Waals surface area contributed by atoms with Gasteiger partial charge < -0.3 is 20.0 Å². The zero-order chi connectivity index (χ0) is 24.0. The van der Waals surface area contributed by atoms with Crippen molar-refractivity contribution in [2.45, 2.75) is 20.4 Å². The third-order valence-corrected chi connectivity index (χ3v) is 4.87. The van der Waals surface area contributed by atoms with E-state index in [1.165, 1.54) is 13.8 Å². The Morgan fingerprint density at radius 1 is 1.09 bits per heavy atom. The standard InChI is InChI=1S/C25H25N3O5/c1-16(26)23(17(2)29)22(30)15-33-25(31)21-14-28(13-18-8-5-4-6-9-18)27-24(21)19-10-7-11-20(12-19)32-3/h4-12,14,26,30H,13,15H2,1-3H3/b23-22-,26-16?. The second-order valence-corrected chi connectivity index (χ2v) is 7.39. The predicted octanol–water partition coefficient (Wildman–Crippen LogP) is 4.20. The van der Waals surface area contributed by atoms with Gasteiger partial charge in [-0.3, -0.25) is 9.48 Å². The number of hydrogen-bond donors (Lipinski definition) is 2. The summed E-state index contributed by atoms with van der Waals surface area (Å²) in [7, 11) is 1.55. The number of ether oxygens (including phenoxy) is 2. The van der Waals surface area contributed by atoms with E-state index in [0.29, 0.717) is 23.6 Å². The third kappa shape index (κ3) is 5.74. The number of benzene rings is 2. The molecule has 0 aliphatic heterocycles. The number of nitrogens with one attached hydrogen (secondary N) is 1. The maximum absolute atomic E-state index is 12.9. The molecule has 0 saturated heterocycles. The first-order chi connectivity index (χ1) is 15.8. The number of aromatic nitrogens is 2. The van der Waals surface area contributed by atoms with Gasteiger partial charge >= 0.3 is 5.97 Å². The molecule has 170 valence electrons. The van der Waals surface area contributed by atoms with Crippen molar-refractivity contribution in [2.75, 3.05) is 13.7 Å². The van der Waals surface area contributed by atoms with Crippen LogP contribution in [0.5, 0.6) is 5.75 Å². The first-order valence-corrected chi connectivity index (χ1v) is 10.2. The van der Waals surface area contributed by atoms with Crippen molar-refractivity contribution in [2.24, 2.45) is 0 Å². The van der Waals surface area contributed by atoms with E-state index in [4.69, 9.17) is 14.9 Å². The number of nitrogens with zero attached hydrogens (tertiary/aromatic N) is 2. The van der Waals surface area contributed by atoms with Crippen molar-refractivity contribution in [3.63, 3.8) is 0 Å². The maximum Gasteiger partial charge on any atom is 0.342 e. The highest BCUT2D eigenvalue weighted by Gasteiger charge is 2.22. The zero-order valence-corrected chi connectivity index (χ0v) is 18.7. The van der Waals surface area contributed by atoms with Crippen LogP contribution in [-0.4, -0.2) is 46.1 Å². The molecule has 0 unspecified atom stereocenters. The van der Waals surface area contributed by atoms with Crippen molar-refractivity contribution in [1.82, 2.24) is 9.78 Å². The lowest BCUT2D eigenvalue weighted by atomic mass is 10.1. The molecule has 3 aromatic rings. The van der Waals surface area contributed by atoms with E-state index in [9.17, 15) is 14.7 Å². The molecule has 2 aromatic carbocycles. The average molecular weight is 447 g/mol. The molecule has 3 rings (SSSR count). The van der Waals surface area contributed by atoms with Gasteiger partial charge in [-0.2, -0.15) is 5.10 Å².